The predicted molar refractivity (Wildman–Crippen MR) is 86.9 cm³/mol. The maximum Gasteiger partial charge on any atom is 0.143 e. The van der Waals surface area contributed by atoms with Gasteiger partial charge in [-0.3, -0.25) is 4.98 Å². The van der Waals surface area contributed by atoms with Crippen LogP contribution in [0.15, 0.2) is 47.8 Å². The van der Waals surface area contributed by atoms with Crippen LogP contribution in [-0.2, 0) is 0 Å². The van der Waals surface area contributed by atoms with Gasteiger partial charge in [-0.25, -0.2) is 9.07 Å². The Kier molecular flexibility index (Phi) is 3.58. The van der Waals surface area contributed by atoms with Crippen LogP contribution in [0.4, 0.5) is 4.39 Å². The molecule has 1 fully saturated rings. The second kappa shape index (κ2) is 5.72. The summed E-state index contributed by atoms with van der Waals surface area (Å²) in [5.74, 6) is 1.74. The lowest BCUT2D eigenvalue weighted by molar-refractivity contribution is 0.353. The summed E-state index contributed by atoms with van der Waals surface area (Å²) in [7, 11) is 0. The second-order valence-electron chi connectivity index (χ2n) is 5.76. The van der Waals surface area contributed by atoms with E-state index in [1.807, 2.05) is 24.0 Å². The SMILES string of the molecule is Fc1cncc(-n2cc3cc(SCC4CCC4)ccc3n2)c1. The number of hydrogen-bond donors (Lipinski definition) is 0. The molecule has 0 unspecified atom stereocenters. The standard InChI is InChI=1S/C17H16FN3S/c18-14-7-15(9-19-8-14)21-10-13-6-16(4-5-17(13)20-21)22-11-12-2-1-3-12/h4-10,12H,1-3,11H2. The minimum absolute atomic E-state index is 0.353. The normalized spacial score (nSPS) is 15.1. The third-order valence-electron chi connectivity index (χ3n) is 4.14. The van der Waals surface area contributed by atoms with Gasteiger partial charge < -0.3 is 0 Å². The Morgan fingerprint density at radius 1 is 1.23 bits per heavy atom. The molecule has 0 aliphatic heterocycles. The summed E-state index contributed by atoms with van der Waals surface area (Å²) < 4.78 is 15.0. The van der Waals surface area contributed by atoms with Gasteiger partial charge in [-0.05, 0) is 37.0 Å². The monoisotopic (exact) mass is 313 g/mol. The summed E-state index contributed by atoms with van der Waals surface area (Å²) in [6, 6.07) is 7.74. The van der Waals surface area contributed by atoms with Crippen molar-refractivity contribution in [1.29, 1.82) is 0 Å². The Morgan fingerprint density at radius 3 is 2.91 bits per heavy atom. The first-order chi connectivity index (χ1) is 10.8. The van der Waals surface area contributed by atoms with Crippen LogP contribution in [0.5, 0.6) is 0 Å². The zero-order valence-corrected chi connectivity index (χ0v) is 12.9. The number of nitrogens with zero attached hydrogens (tertiary/aromatic N) is 3. The highest BCUT2D eigenvalue weighted by atomic mass is 32.2. The quantitative estimate of drug-likeness (QED) is 0.667. The Labute approximate surface area is 132 Å². The third-order valence-corrected chi connectivity index (χ3v) is 5.37. The highest BCUT2D eigenvalue weighted by molar-refractivity contribution is 7.99. The van der Waals surface area contributed by atoms with Crippen LogP contribution in [0.25, 0.3) is 16.6 Å². The van der Waals surface area contributed by atoms with Crippen LogP contribution < -0.4 is 0 Å². The van der Waals surface area contributed by atoms with Crippen LogP contribution >= 0.6 is 11.8 Å². The minimum atomic E-state index is -0.353. The number of benzene rings is 1. The van der Waals surface area contributed by atoms with Gasteiger partial charge in [-0.1, -0.05) is 6.42 Å². The summed E-state index contributed by atoms with van der Waals surface area (Å²) in [4.78, 5) is 5.15. The molecule has 2 heterocycles. The van der Waals surface area contributed by atoms with Crippen molar-refractivity contribution in [2.45, 2.75) is 24.2 Å². The molecule has 4 rings (SSSR count). The second-order valence-corrected chi connectivity index (χ2v) is 6.86. The van der Waals surface area contributed by atoms with Crippen molar-refractivity contribution in [3.05, 3.63) is 48.7 Å². The molecule has 5 heteroatoms. The van der Waals surface area contributed by atoms with Gasteiger partial charge in [0.1, 0.15) is 5.82 Å². The van der Waals surface area contributed by atoms with Crippen molar-refractivity contribution in [1.82, 2.24) is 14.8 Å². The summed E-state index contributed by atoms with van der Waals surface area (Å²) in [6.07, 6.45) is 8.88. The summed E-state index contributed by atoms with van der Waals surface area (Å²) in [5, 5.41) is 5.56. The third kappa shape index (κ3) is 2.73. The molecule has 0 atom stereocenters. The highest BCUT2D eigenvalue weighted by Crippen LogP contribution is 2.33. The summed E-state index contributed by atoms with van der Waals surface area (Å²) in [6.45, 7) is 0. The first-order valence-electron chi connectivity index (χ1n) is 7.51. The van der Waals surface area contributed by atoms with Gasteiger partial charge in [0.15, 0.2) is 0 Å². The van der Waals surface area contributed by atoms with E-state index in [1.54, 1.807) is 10.9 Å². The minimum Gasteiger partial charge on any atom is -0.259 e. The van der Waals surface area contributed by atoms with Crippen LogP contribution in [0.1, 0.15) is 19.3 Å². The van der Waals surface area contributed by atoms with Crippen LogP contribution in [0.3, 0.4) is 0 Å². The lowest BCUT2D eigenvalue weighted by atomic mass is 9.87. The molecule has 0 saturated heterocycles. The van der Waals surface area contributed by atoms with E-state index in [-0.39, 0.29) is 5.82 Å². The van der Waals surface area contributed by atoms with Crippen LogP contribution in [0, 0.1) is 11.7 Å². The van der Waals surface area contributed by atoms with Gasteiger partial charge in [-0.15, -0.1) is 11.8 Å². The Bertz CT molecular complexity index is 811. The average Bonchev–Trinajstić information content (AvgIpc) is 2.89. The maximum atomic E-state index is 13.3. The summed E-state index contributed by atoms with van der Waals surface area (Å²) in [5.41, 5.74) is 1.55. The fourth-order valence-electron chi connectivity index (χ4n) is 2.63. The molecule has 0 amide bonds. The zero-order valence-electron chi connectivity index (χ0n) is 12.1. The zero-order chi connectivity index (χ0) is 14.9. The number of fused-ring (bicyclic) bond motifs is 1. The number of aromatic nitrogens is 3. The van der Waals surface area contributed by atoms with Crippen molar-refractivity contribution < 1.29 is 4.39 Å². The molecule has 1 aromatic carbocycles. The number of thioether (sulfide) groups is 1. The molecular formula is C17H16FN3S. The molecule has 0 radical (unpaired) electrons. The molecule has 22 heavy (non-hydrogen) atoms. The summed E-state index contributed by atoms with van der Waals surface area (Å²) >= 11 is 1.92. The van der Waals surface area contributed by atoms with Crippen molar-refractivity contribution in [2.75, 3.05) is 5.75 Å². The number of halogens is 1. The topological polar surface area (TPSA) is 30.7 Å². The van der Waals surface area contributed by atoms with E-state index >= 15 is 0 Å². The lowest BCUT2D eigenvalue weighted by Crippen LogP contribution is -2.12. The van der Waals surface area contributed by atoms with E-state index in [4.69, 9.17) is 0 Å². The molecule has 0 N–H and O–H groups in total. The molecule has 0 bridgehead atoms. The lowest BCUT2D eigenvalue weighted by Gasteiger charge is -2.24. The average molecular weight is 313 g/mol. The molecule has 1 saturated carbocycles. The van der Waals surface area contributed by atoms with Crippen LogP contribution in [0.2, 0.25) is 0 Å². The van der Waals surface area contributed by atoms with Crippen molar-refractivity contribution >= 4 is 22.7 Å². The first-order valence-corrected chi connectivity index (χ1v) is 8.50. The van der Waals surface area contributed by atoms with Gasteiger partial charge in [0.2, 0.25) is 0 Å². The number of hydrogen-bond acceptors (Lipinski definition) is 3. The Balaban J connectivity index is 1.60. The fourth-order valence-corrected chi connectivity index (χ4v) is 3.76. The maximum absolute atomic E-state index is 13.3. The van der Waals surface area contributed by atoms with E-state index in [9.17, 15) is 4.39 Å². The molecule has 3 aromatic rings. The number of rotatable bonds is 4. The molecule has 1 aliphatic rings. The van der Waals surface area contributed by atoms with Gasteiger partial charge in [-0.2, -0.15) is 5.10 Å². The Morgan fingerprint density at radius 2 is 2.14 bits per heavy atom. The molecule has 112 valence electrons. The van der Waals surface area contributed by atoms with Gasteiger partial charge in [0, 0.05) is 28.3 Å². The van der Waals surface area contributed by atoms with Crippen molar-refractivity contribution in [3.63, 3.8) is 0 Å². The van der Waals surface area contributed by atoms with E-state index in [0.717, 1.165) is 16.8 Å². The van der Waals surface area contributed by atoms with Crippen molar-refractivity contribution in [3.8, 4) is 5.69 Å². The van der Waals surface area contributed by atoms with E-state index in [0.29, 0.717) is 5.69 Å². The largest absolute Gasteiger partial charge is 0.259 e. The van der Waals surface area contributed by atoms with Gasteiger partial charge >= 0.3 is 0 Å². The highest BCUT2D eigenvalue weighted by Gasteiger charge is 2.17. The van der Waals surface area contributed by atoms with Gasteiger partial charge in [0.25, 0.3) is 0 Å². The number of pyridine rings is 1. The molecule has 1 aliphatic carbocycles. The molecule has 3 nitrogen and oxygen atoms in total. The smallest absolute Gasteiger partial charge is 0.143 e. The molecular weight excluding hydrogens is 297 g/mol. The fraction of sp³-hybridized carbons (Fsp3) is 0.294. The first kappa shape index (κ1) is 13.8. The Hall–Kier alpha value is -1.88. The van der Waals surface area contributed by atoms with Gasteiger partial charge in [0.05, 0.1) is 23.6 Å². The van der Waals surface area contributed by atoms with Crippen LogP contribution in [-0.4, -0.2) is 20.5 Å². The van der Waals surface area contributed by atoms with E-state index in [1.165, 1.54) is 42.2 Å². The predicted octanol–water partition coefficient (Wildman–Crippen LogP) is 4.45. The van der Waals surface area contributed by atoms with E-state index in [2.05, 4.69) is 22.2 Å². The van der Waals surface area contributed by atoms with E-state index < -0.39 is 0 Å². The van der Waals surface area contributed by atoms with Crippen molar-refractivity contribution in [2.24, 2.45) is 5.92 Å². The molecule has 0 spiro atoms. The molecule has 2 aromatic heterocycles.